The van der Waals surface area contributed by atoms with Gasteiger partial charge in [-0.15, -0.1) is 0 Å². The van der Waals surface area contributed by atoms with Crippen LogP contribution in [0.1, 0.15) is 30.6 Å². The van der Waals surface area contributed by atoms with Crippen LogP contribution in [0.4, 0.5) is 5.69 Å². The number of anilines is 1. The van der Waals surface area contributed by atoms with Gasteiger partial charge in [-0.05, 0) is 49.7 Å². The van der Waals surface area contributed by atoms with E-state index in [1.807, 2.05) is 13.8 Å². The van der Waals surface area contributed by atoms with Gasteiger partial charge >= 0.3 is 5.97 Å². The largest absolute Gasteiger partial charge is 0.483 e. The van der Waals surface area contributed by atoms with Crippen molar-refractivity contribution in [1.29, 1.82) is 0 Å². The predicted molar refractivity (Wildman–Crippen MR) is 113 cm³/mol. The number of carbonyl (C=O) groups excluding carboxylic acids is 3. The highest BCUT2D eigenvalue weighted by Crippen LogP contribution is 2.19. The van der Waals surface area contributed by atoms with Crippen molar-refractivity contribution in [3.8, 4) is 5.75 Å². The van der Waals surface area contributed by atoms with Crippen molar-refractivity contribution in [2.45, 2.75) is 26.3 Å². The van der Waals surface area contributed by atoms with Gasteiger partial charge in [-0.25, -0.2) is 4.79 Å². The highest BCUT2D eigenvalue weighted by Gasteiger charge is 2.16. The number of amides is 2. The van der Waals surface area contributed by atoms with Crippen molar-refractivity contribution in [1.82, 2.24) is 5.32 Å². The summed E-state index contributed by atoms with van der Waals surface area (Å²) >= 11 is 3.32. The standard InChI is InChI=1S/C21H23BrN2O5/c1-3-14(2)23-19(25)13-29-21(27)17-6-4-5-7-18(17)28-12-20(26)24-16-10-8-15(22)9-11-16/h4-11,14H,3,12-13H2,1-2H3,(H,23,25)(H,24,26)/t14-/m1/s1. The molecule has 0 aromatic heterocycles. The maximum Gasteiger partial charge on any atom is 0.342 e. The molecule has 0 radical (unpaired) electrons. The fourth-order valence-electron chi connectivity index (χ4n) is 2.26. The van der Waals surface area contributed by atoms with E-state index in [2.05, 4.69) is 26.6 Å². The summed E-state index contributed by atoms with van der Waals surface area (Å²) in [7, 11) is 0. The number of hydrogen-bond acceptors (Lipinski definition) is 5. The number of hydrogen-bond donors (Lipinski definition) is 2. The maximum absolute atomic E-state index is 12.3. The van der Waals surface area contributed by atoms with Gasteiger partial charge < -0.3 is 20.1 Å². The molecule has 2 rings (SSSR count). The summed E-state index contributed by atoms with van der Waals surface area (Å²) in [5.74, 6) is -1.25. The Labute approximate surface area is 177 Å². The molecule has 0 fully saturated rings. The van der Waals surface area contributed by atoms with Gasteiger partial charge in [0, 0.05) is 16.2 Å². The number of rotatable bonds is 9. The Morgan fingerprint density at radius 2 is 1.69 bits per heavy atom. The van der Waals surface area contributed by atoms with E-state index in [-0.39, 0.29) is 42.4 Å². The monoisotopic (exact) mass is 462 g/mol. The maximum atomic E-state index is 12.3. The average Bonchev–Trinajstić information content (AvgIpc) is 2.72. The van der Waals surface area contributed by atoms with Gasteiger partial charge in [-0.1, -0.05) is 35.0 Å². The first-order chi connectivity index (χ1) is 13.9. The number of nitrogens with one attached hydrogen (secondary N) is 2. The smallest absolute Gasteiger partial charge is 0.342 e. The topological polar surface area (TPSA) is 93.7 Å². The molecule has 2 aromatic carbocycles. The third-order valence-corrected chi connectivity index (χ3v) is 4.48. The fraction of sp³-hybridized carbons (Fsp3) is 0.286. The van der Waals surface area contributed by atoms with Crippen LogP contribution in [0.3, 0.4) is 0 Å². The average molecular weight is 463 g/mol. The van der Waals surface area contributed by atoms with Crippen molar-refractivity contribution in [2.24, 2.45) is 0 Å². The minimum Gasteiger partial charge on any atom is -0.483 e. The molecule has 0 aliphatic heterocycles. The van der Waals surface area contributed by atoms with Crippen LogP contribution < -0.4 is 15.4 Å². The van der Waals surface area contributed by atoms with Crippen LogP contribution in [0.15, 0.2) is 53.0 Å². The normalized spacial score (nSPS) is 11.3. The third kappa shape index (κ3) is 7.57. The Hall–Kier alpha value is -2.87. The molecule has 8 heteroatoms. The number of carbonyl (C=O) groups is 3. The molecule has 154 valence electrons. The van der Waals surface area contributed by atoms with Crippen molar-refractivity contribution >= 4 is 39.4 Å². The molecule has 7 nitrogen and oxygen atoms in total. The van der Waals surface area contributed by atoms with Crippen molar-refractivity contribution < 1.29 is 23.9 Å². The van der Waals surface area contributed by atoms with Gasteiger partial charge in [-0.2, -0.15) is 0 Å². The summed E-state index contributed by atoms with van der Waals surface area (Å²) in [6.45, 7) is 3.13. The van der Waals surface area contributed by atoms with Crippen LogP contribution >= 0.6 is 15.9 Å². The second-order valence-corrected chi connectivity index (χ2v) is 7.21. The first kappa shape index (κ1) is 22.4. The van der Waals surface area contributed by atoms with Gasteiger partial charge in [0.1, 0.15) is 11.3 Å². The highest BCUT2D eigenvalue weighted by molar-refractivity contribution is 9.10. The van der Waals surface area contributed by atoms with E-state index in [1.54, 1.807) is 42.5 Å². The van der Waals surface area contributed by atoms with Gasteiger partial charge in [0.15, 0.2) is 13.2 Å². The van der Waals surface area contributed by atoms with E-state index in [0.717, 1.165) is 10.9 Å². The Balaban J connectivity index is 1.90. The second-order valence-electron chi connectivity index (χ2n) is 6.29. The van der Waals surface area contributed by atoms with Crippen LogP contribution in [-0.4, -0.2) is 37.0 Å². The molecule has 2 amide bonds. The third-order valence-electron chi connectivity index (χ3n) is 3.95. The molecule has 0 aliphatic rings. The SMILES string of the molecule is CC[C@@H](C)NC(=O)COC(=O)c1ccccc1OCC(=O)Nc1ccc(Br)cc1. The summed E-state index contributed by atoms with van der Waals surface area (Å²) in [6.07, 6.45) is 0.776. The minimum absolute atomic E-state index is 0.000982. The Morgan fingerprint density at radius 3 is 2.38 bits per heavy atom. The fourth-order valence-corrected chi connectivity index (χ4v) is 2.53. The van der Waals surface area contributed by atoms with Crippen LogP contribution in [0.25, 0.3) is 0 Å². The molecule has 0 aliphatic carbocycles. The molecule has 29 heavy (non-hydrogen) atoms. The molecule has 1 atom stereocenters. The quantitative estimate of drug-likeness (QED) is 0.555. The zero-order valence-corrected chi connectivity index (χ0v) is 17.8. The Kier molecular flexibility index (Phi) is 8.67. The number of ether oxygens (including phenoxy) is 2. The summed E-state index contributed by atoms with van der Waals surface area (Å²) in [4.78, 5) is 36.2. The van der Waals surface area contributed by atoms with Gasteiger partial charge in [0.05, 0.1) is 0 Å². The highest BCUT2D eigenvalue weighted by atomic mass is 79.9. The first-order valence-electron chi connectivity index (χ1n) is 9.12. The van der Waals surface area contributed by atoms with E-state index in [0.29, 0.717) is 5.69 Å². The van der Waals surface area contributed by atoms with Crippen LogP contribution in [0.2, 0.25) is 0 Å². The van der Waals surface area contributed by atoms with Crippen LogP contribution in [0, 0.1) is 0 Å². The van der Waals surface area contributed by atoms with Crippen molar-refractivity contribution in [3.05, 3.63) is 58.6 Å². The molecule has 0 bridgehead atoms. The molecule has 0 heterocycles. The lowest BCUT2D eigenvalue weighted by Gasteiger charge is -2.13. The molecular weight excluding hydrogens is 440 g/mol. The molecule has 2 N–H and O–H groups in total. The molecule has 0 unspecified atom stereocenters. The Bertz CT molecular complexity index is 854. The zero-order chi connectivity index (χ0) is 21.2. The van der Waals surface area contributed by atoms with E-state index >= 15 is 0 Å². The van der Waals surface area contributed by atoms with E-state index in [9.17, 15) is 14.4 Å². The van der Waals surface area contributed by atoms with E-state index in [1.165, 1.54) is 6.07 Å². The lowest BCUT2D eigenvalue weighted by molar-refractivity contribution is -0.124. The van der Waals surface area contributed by atoms with Crippen LogP contribution in [0.5, 0.6) is 5.75 Å². The number of para-hydroxylation sites is 1. The summed E-state index contributed by atoms with van der Waals surface area (Å²) < 4.78 is 11.4. The molecule has 2 aromatic rings. The number of benzene rings is 2. The Morgan fingerprint density at radius 1 is 1.00 bits per heavy atom. The lowest BCUT2D eigenvalue weighted by atomic mass is 10.2. The minimum atomic E-state index is -0.701. The van der Waals surface area contributed by atoms with E-state index in [4.69, 9.17) is 9.47 Å². The van der Waals surface area contributed by atoms with Crippen LogP contribution in [-0.2, 0) is 14.3 Å². The summed E-state index contributed by atoms with van der Waals surface area (Å²) in [5, 5.41) is 5.41. The van der Waals surface area contributed by atoms with Crippen molar-refractivity contribution in [3.63, 3.8) is 0 Å². The molecule has 0 saturated carbocycles. The van der Waals surface area contributed by atoms with E-state index < -0.39 is 5.97 Å². The van der Waals surface area contributed by atoms with Gasteiger partial charge in [0.2, 0.25) is 0 Å². The van der Waals surface area contributed by atoms with Crippen molar-refractivity contribution in [2.75, 3.05) is 18.5 Å². The number of halogens is 1. The molecule has 0 saturated heterocycles. The first-order valence-corrected chi connectivity index (χ1v) is 9.92. The van der Waals surface area contributed by atoms with Gasteiger partial charge in [0.25, 0.3) is 11.8 Å². The molecule has 0 spiro atoms. The zero-order valence-electron chi connectivity index (χ0n) is 16.2. The lowest BCUT2D eigenvalue weighted by Crippen LogP contribution is -2.35. The number of esters is 1. The second kappa shape index (κ2) is 11.2. The molecular formula is C21H23BrN2O5. The van der Waals surface area contributed by atoms with Gasteiger partial charge in [-0.3, -0.25) is 9.59 Å². The predicted octanol–water partition coefficient (Wildman–Crippen LogP) is 3.54. The summed E-state index contributed by atoms with van der Waals surface area (Å²) in [5.41, 5.74) is 0.766. The summed E-state index contributed by atoms with van der Waals surface area (Å²) in [6, 6.07) is 13.5.